The number of ether oxygens (including phenoxy) is 1. The van der Waals surface area contributed by atoms with Crippen molar-refractivity contribution in [2.45, 2.75) is 12.9 Å². The Hall–Kier alpha value is -1.70. The van der Waals surface area contributed by atoms with Crippen LogP contribution in [0.3, 0.4) is 0 Å². The first-order valence-electron chi connectivity index (χ1n) is 7.15. The van der Waals surface area contributed by atoms with Crippen LogP contribution in [-0.4, -0.2) is 38.4 Å². The first-order chi connectivity index (χ1) is 10.9. The maximum Gasteiger partial charge on any atom is 0.573 e. The fraction of sp³-hybridized carbons (Fsp3) is 0.375. The lowest BCUT2D eigenvalue weighted by Crippen LogP contribution is -2.26. The van der Waals surface area contributed by atoms with Gasteiger partial charge in [-0.05, 0) is 50.5 Å². The van der Waals surface area contributed by atoms with E-state index in [1.807, 2.05) is 20.2 Å². The van der Waals surface area contributed by atoms with Crippen molar-refractivity contribution in [1.29, 1.82) is 0 Å². The van der Waals surface area contributed by atoms with Crippen LogP contribution in [0.25, 0.3) is 11.3 Å². The van der Waals surface area contributed by atoms with Crippen LogP contribution < -0.4 is 10.1 Å². The molecule has 1 heterocycles. The summed E-state index contributed by atoms with van der Waals surface area (Å²) < 4.78 is 46.0. The van der Waals surface area contributed by atoms with Crippen molar-refractivity contribution in [1.82, 2.24) is 10.2 Å². The molecule has 0 radical (unpaired) electrons. The number of benzene rings is 1. The summed E-state index contributed by atoms with van der Waals surface area (Å²) in [4.78, 5) is 2.11. The Morgan fingerprint density at radius 1 is 1.12 bits per heavy atom. The average molecular weight is 365 g/mol. The molecule has 1 aromatic carbocycles. The number of furan rings is 1. The zero-order valence-electron chi connectivity index (χ0n) is 13.4. The number of hydrogen-bond acceptors (Lipinski definition) is 4. The number of nitrogens with one attached hydrogen (secondary N) is 1. The summed E-state index contributed by atoms with van der Waals surface area (Å²) in [5.74, 6) is 1.16. The van der Waals surface area contributed by atoms with Gasteiger partial charge < -0.3 is 14.5 Å². The molecule has 2 rings (SSSR count). The molecule has 0 spiro atoms. The lowest BCUT2D eigenvalue weighted by Gasteiger charge is -2.14. The molecule has 134 valence electrons. The van der Waals surface area contributed by atoms with Gasteiger partial charge in [0.1, 0.15) is 17.3 Å². The second kappa shape index (κ2) is 8.96. The summed E-state index contributed by atoms with van der Waals surface area (Å²) >= 11 is 0. The van der Waals surface area contributed by atoms with Gasteiger partial charge in [-0.15, -0.1) is 25.6 Å². The minimum atomic E-state index is -4.68. The maximum absolute atomic E-state index is 12.1. The molecule has 0 aliphatic rings. The summed E-state index contributed by atoms with van der Waals surface area (Å²) in [6, 6.07) is 9.28. The van der Waals surface area contributed by atoms with Crippen molar-refractivity contribution in [2.24, 2.45) is 0 Å². The molecule has 8 heteroatoms. The smallest absolute Gasteiger partial charge is 0.460 e. The van der Waals surface area contributed by atoms with Crippen LogP contribution >= 0.6 is 12.4 Å². The summed E-state index contributed by atoms with van der Waals surface area (Å²) in [5, 5.41) is 3.07. The Morgan fingerprint density at radius 3 is 2.38 bits per heavy atom. The molecule has 0 saturated heterocycles. The van der Waals surface area contributed by atoms with E-state index in [1.54, 1.807) is 6.07 Å². The third-order valence-corrected chi connectivity index (χ3v) is 3.20. The Kier molecular flexibility index (Phi) is 7.59. The summed E-state index contributed by atoms with van der Waals surface area (Å²) in [5.41, 5.74) is 0.698. The van der Waals surface area contributed by atoms with Gasteiger partial charge in [0.15, 0.2) is 0 Å². The van der Waals surface area contributed by atoms with Crippen molar-refractivity contribution in [3.05, 3.63) is 42.2 Å². The molecule has 0 aliphatic heterocycles. The van der Waals surface area contributed by atoms with E-state index in [-0.39, 0.29) is 18.2 Å². The van der Waals surface area contributed by atoms with Crippen LogP contribution in [0, 0.1) is 0 Å². The van der Waals surface area contributed by atoms with Crippen molar-refractivity contribution in [2.75, 3.05) is 27.2 Å². The van der Waals surface area contributed by atoms with Gasteiger partial charge in [0.2, 0.25) is 0 Å². The minimum Gasteiger partial charge on any atom is -0.460 e. The molecular weight excluding hydrogens is 345 g/mol. The maximum atomic E-state index is 12.1. The highest BCUT2D eigenvalue weighted by molar-refractivity contribution is 5.85. The highest BCUT2D eigenvalue weighted by Crippen LogP contribution is 2.27. The molecule has 0 atom stereocenters. The Labute approximate surface area is 145 Å². The van der Waals surface area contributed by atoms with E-state index in [0.717, 1.165) is 18.8 Å². The third kappa shape index (κ3) is 6.43. The lowest BCUT2D eigenvalue weighted by molar-refractivity contribution is -0.274. The van der Waals surface area contributed by atoms with Gasteiger partial charge in [-0.3, -0.25) is 4.90 Å². The Morgan fingerprint density at radius 2 is 1.79 bits per heavy atom. The molecule has 1 N–H and O–H groups in total. The number of nitrogens with zero attached hydrogens (tertiary/aromatic N) is 1. The minimum absolute atomic E-state index is 0. The molecule has 0 bridgehead atoms. The van der Waals surface area contributed by atoms with E-state index in [1.165, 1.54) is 24.3 Å². The molecule has 0 aliphatic carbocycles. The van der Waals surface area contributed by atoms with Crippen LogP contribution in [0.15, 0.2) is 40.8 Å². The zero-order chi connectivity index (χ0) is 16.9. The lowest BCUT2D eigenvalue weighted by atomic mass is 10.2. The average Bonchev–Trinajstić information content (AvgIpc) is 2.92. The molecule has 0 unspecified atom stereocenters. The third-order valence-electron chi connectivity index (χ3n) is 3.20. The van der Waals surface area contributed by atoms with E-state index in [9.17, 15) is 13.2 Å². The van der Waals surface area contributed by atoms with Crippen molar-refractivity contribution < 1.29 is 22.3 Å². The molecule has 0 fully saturated rings. The first kappa shape index (κ1) is 20.3. The van der Waals surface area contributed by atoms with Crippen LogP contribution in [0.4, 0.5) is 13.2 Å². The standard InChI is InChI=1S/C16H19F3N2O2.ClH/c1-20-9-10-21(2)11-14-7-8-15(22-14)12-3-5-13(6-4-12)23-16(17,18)19;/h3-8,20H,9-11H2,1-2H3;1H. The fourth-order valence-corrected chi connectivity index (χ4v) is 2.09. The second-order valence-corrected chi connectivity index (χ2v) is 5.18. The summed E-state index contributed by atoms with van der Waals surface area (Å²) in [6.45, 7) is 2.43. The van der Waals surface area contributed by atoms with Gasteiger partial charge in [0.05, 0.1) is 6.54 Å². The largest absolute Gasteiger partial charge is 0.573 e. The van der Waals surface area contributed by atoms with E-state index in [4.69, 9.17) is 4.42 Å². The van der Waals surface area contributed by atoms with Crippen LogP contribution in [0.2, 0.25) is 0 Å². The fourth-order valence-electron chi connectivity index (χ4n) is 2.09. The summed E-state index contributed by atoms with van der Waals surface area (Å²) in [6.07, 6.45) is -4.68. The highest BCUT2D eigenvalue weighted by Gasteiger charge is 2.30. The van der Waals surface area contributed by atoms with Crippen molar-refractivity contribution in [3.8, 4) is 17.1 Å². The van der Waals surface area contributed by atoms with Gasteiger partial charge in [0.25, 0.3) is 0 Å². The van der Waals surface area contributed by atoms with E-state index < -0.39 is 6.36 Å². The van der Waals surface area contributed by atoms with Crippen molar-refractivity contribution in [3.63, 3.8) is 0 Å². The first-order valence-corrected chi connectivity index (χ1v) is 7.15. The van der Waals surface area contributed by atoms with Gasteiger partial charge in [-0.2, -0.15) is 0 Å². The van der Waals surface area contributed by atoms with Crippen LogP contribution in [0.1, 0.15) is 5.76 Å². The molecular formula is C16H20ClF3N2O2. The van der Waals surface area contributed by atoms with Crippen molar-refractivity contribution >= 4 is 12.4 Å². The Balaban J connectivity index is 0.00000288. The molecule has 2 aromatic rings. The number of likely N-dealkylation sites (N-methyl/N-ethyl adjacent to an activating group) is 2. The molecule has 0 saturated carbocycles. The van der Waals surface area contributed by atoms with Gasteiger partial charge in [-0.25, -0.2) is 0 Å². The van der Waals surface area contributed by atoms with Gasteiger partial charge in [-0.1, -0.05) is 0 Å². The number of alkyl halides is 3. The van der Waals surface area contributed by atoms with E-state index >= 15 is 0 Å². The predicted molar refractivity (Wildman–Crippen MR) is 88.3 cm³/mol. The normalized spacial score (nSPS) is 11.4. The quantitative estimate of drug-likeness (QED) is 0.808. The monoisotopic (exact) mass is 364 g/mol. The van der Waals surface area contributed by atoms with Gasteiger partial charge in [0, 0.05) is 18.7 Å². The SMILES string of the molecule is CNCCN(C)Cc1ccc(-c2ccc(OC(F)(F)F)cc2)o1.Cl. The second-order valence-electron chi connectivity index (χ2n) is 5.18. The van der Waals surface area contributed by atoms with Gasteiger partial charge >= 0.3 is 6.36 Å². The number of hydrogen-bond donors (Lipinski definition) is 1. The zero-order valence-corrected chi connectivity index (χ0v) is 14.2. The summed E-state index contributed by atoms with van der Waals surface area (Å²) in [7, 11) is 3.88. The number of halogens is 4. The Bertz CT molecular complexity index is 615. The highest BCUT2D eigenvalue weighted by atomic mass is 35.5. The molecule has 0 amide bonds. The van der Waals surface area contributed by atoms with Crippen LogP contribution in [-0.2, 0) is 6.54 Å². The van der Waals surface area contributed by atoms with E-state index in [0.29, 0.717) is 17.9 Å². The molecule has 24 heavy (non-hydrogen) atoms. The molecule has 1 aromatic heterocycles. The predicted octanol–water partition coefficient (Wildman–Crippen LogP) is 3.92. The molecule has 4 nitrogen and oxygen atoms in total. The topological polar surface area (TPSA) is 37.6 Å². The number of rotatable bonds is 7. The van der Waals surface area contributed by atoms with Crippen LogP contribution in [0.5, 0.6) is 5.75 Å². The van der Waals surface area contributed by atoms with E-state index in [2.05, 4.69) is 15.0 Å².